The maximum atomic E-state index is 12.6. The lowest BCUT2D eigenvalue weighted by molar-refractivity contribution is -0.386. The van der Waals surface area contributed by atoms with Crippen molar-refractivity contribution in [3.8, 4) is 0 Å². The van der Waals surface area contributed by atoms with E-state index in [-0.39, 0.29) is 23.2 Å². The van der Waals surface area contributed by atoms with E-state index in [0.29, 0.717) is 13.0 Å². The largest absolute Gasteiger partial charge is 0.393 e. The Hall–Kier alpha value is -1.71. The lowest BCUT2D eigenvalue weighted by Crippen LogP contribution is -2.43. The Labute approximate surface area is 122 Å². The molecule has 0 saturated carbocycles. The van der Waals surface area contributed by atoms with Gasteiger partial charge in [-0.2, -0.15) is 4.31 Å². The summed E-state index contributed by atoms with van der Waals surface area (Å²) in [5.41, 5.74) is 4.82. The standard InChI is InChI=1S/C12H17N3O5S/c1-20-9-4-3-7-14(8-9)21(18,19)11-6-2-5-10(13)12(11)15(16)17/h2,5-6,9H,3-4,7-8,13H2,1H3. The zero-order chi connectivity index (χ0) is 15.6. The van der Waals surface area contributed by atoms with Gasteiger partial charge in [-0.3, -0.25) is 10.1 Å². The average molecular weight is 315 g/mol. The first-order chi connectivity index (χ1) is 9.87. The third-order valence-corrected chi connectivity index (χ3v) is 5.40. The fourth-order valence-corrected chi connectivity index (χ4v) is 4.10. The third-order valence-electron chi connectivity index (χ3n) is 3.50. The third kappa shape index (κ3) is 2.99. The number of anilines is 1. The van der Waals surface area contributed by atoms with E-state index in [9.17, 15) is 18.5 Å². The highest BCUT2D eigenvalue weighted by Gasteiger charge is 2.35. The normalized spacial score (nSPS) is 20.3. The van der Waals surface area contributed by atoms with Crippen LogP contribution in [0.25, 0.3) is 0 Å². The summed E-state index contributed by atoms with van der Waals surface area (Å²) < 4.78 is 31.7. The van der Waals surface area contributed by atoms with Crippen molar-refractivity contribution in [2.75, 3.05) is 25.9 Å². The summed E-state index contributed by atoms with van der Waals surface area (Å²) in [4.78, 5) is 9.98. The van der Waals surface area contributed by atoms with E-state index in [0.717, 1.165) is 6.42 Å². The molecule has 9 heteroatoms. The summed E-state index contributed by atoms with van der Waals surface area (Å²) in [6.07, 6.45) is 1.21. The van der Waals surface area contributed by atoms with E-state index in [4.69, 9.17) is 10.5 Å². The predicted octanol–water partition coefficient (Wildman–Crippen LogP) is 0.977. The van der Waals surface area contributed by atoms with Gasteiger partial charge >= 0.3 is 5.69 Å². The lowest BCUT2D eigenvalue weighted by Gasteiger charge is -2.30. The minimum Gasteiger partial charge on any atom is -0.393 e. The fraction of sp³-hybridized carbons (Fsp3) is 0.500. The molecule has 0 radical (unpaired) electrons. The summed E-state index contributed by atoms with van der Waals surface area (Å²) in [6.45, 7) is 0.499. The number of nitro benzene ring substituents is 1. The Morgan fingerprint density at radius 2 is 2.19 bits per heavy atom. The Balaban J connectivity index is 2.45. The van der Waals surface area contributed by atoms with Gasteiger partial charge in [-0.25, -0.2) is 8.42 Å². The van der Waals surface area contributed by atoms with Crippen LogP contribution in [-0.2, 0) is 14.8 Å². The molecule has 1 atom stereocenters. The number of nitro groups is 1. The number of hydrogen-bond donors (Lipinski definition) is 1. The minimum absolute atomic E-state index is 0.165. The van der Waals surface area contributed by atoms with Crippen LogP contribution in [0.2, 0.25) is 0 Å². The molecule has 1 heterocycles. The van der Waals surface area contributed by atoms with Crippen molar-refractivity contribution in [1.29, 1.82) is 0 Å². The van der Waals surface area contributed by atoms with Crippen LogP contribution in [0.5, 0.6) is 0 Å². The second-order valence-corrected chi connectivity index (χ2v) is 6.72. The van der Waals surface area contributed by atoms with Gasteiger partial charge in [0, 0.05) is 20.2 Å². The molecule has 1 aliphatic rings. The van der Waals surface area contributed by atoms with Gasteiger partial charge in [0.1, 0.15) is 5.69 Å². The highest BCUT2D eigenvalue weighted by Crippen LogP contribution is 2.32. The molecule has 0 aliphatic carbocycles. The fourth-order valence-electron chi connectivity index (χ4n) is 2.40. The van der Waals surface area contributed by atoms with Crippen LogP contribution in [0.1, 0.15) is 12.8 Å². The first-order valence-corrected chi connectivity index (χ1v) is 7.87. The van der Waals surface area contributed by atoms with Crippen molar-refractivity contribution in [1.82, 2.24) is 4.31 Å². The Kier molecular flexibility index (Phi) is 4.45. The van der Waals surface area contributed by atoms with Crippen LogP contribution >= 0.6 is 0 Å². The van der Waals surface area contributed by atoms with Gasteiger partial charge in [0.05, 0.1) is 11.0 Å². The lowest BCUT2D eigenvalue weighted by atomic mass is 10.1. The number of nitrogens with two attached hydrogens (primary N) is 1. The number of nitrogen functional groups attached to an aromatic ring is 1. The number of para-hydroxylation sites is 1. The molecule has 0 amide bonds. The summed E-state index contributed by atoms with van der Waals surface area (Å²) in [5, 5.41) is 11.1. The van der Waals surface area contributed by atoms with Crippen molar-refractivity contribution in [2.24, 2.45) is 0 Å². The zero-order valence-electron chi connectivity index (χ0n) is 11.6. The van der Waals surface area contributed by atoms with Gasteiger partial charge in [-0.15, -0.1) is 0 Å². The Bertz CT molecular complexity index is 646. The molecule has 2 N–H and O–H groups in total. The smallest absolute Gasteiger partial charge is 0.312 e. The van der Waals surface area contributed by atoms with Gasteiger partial charge in [0.15, 0.2) is 4.90 Å². The zero-order valence-corrected chi connectivity index (χ0v) is 12.4. The number of hydrogen-bond acceptors (Lipinski definition) is 6. The minimum atomic E-state index is -3.97. The molecular weight excluding hydrogens is 298 g/mol. The van der Waals surface area contributed by atoms with Crippen molar-refractivity contribution < 1.29 is 18.1 Å². The molecule has 1 saturated heterocycles. The molecule has 1 unspecified atom stereocenters. The van der Waals surface area contributed by atoms with Crippen molar-refractivity contribution in [2.45, 2.75) is 23.8 Å². The number of nitrogens with zero attached hydrogens (tertiary/aromatic N) is 2. The van der Waals surface area contributed by atoms with Gasteiger partial charge in [-0.1, -0.05) is 6.07 Å². The number of piperidine rings is 1. The molecule has 21 heavy (non-hydrogen) atoms. The molecule has 1 aromatic rings. The van der Waals surface area contributed by atoms with Gasteiger partial charge in [0.2, 0.25) is 10.0 Å². The SMILES string of the molecule is COC1CCCN(S(=O)(=O)c2cccc(N)c2[N+](=O)[O-])C1. The van der Waals surface area contributed by atoms with Crippen LogP contribution < -0.4 is 5.73 Å². The Morgan fingerprint density at radius 3 is 2.81 bits per heavy atom. The predicted molar refractivity (Wildman–Crippen MR) is 76.3 cm³/mol. The number of rotatable bonds is 4. The van der Waals surface area contributed by atoms with E-state index in [2.05, 4.69) is 0 Å². The van der Waals surface area contributed by atoms with E-state index in [1.54, 1.807) is 0 Å². The van der Waals surface area contributed by atoms with Crippen molar-refractivity contribution in [3.05, 3.63) is 28.3 Å². The van der Waals surface area contributed by atoms with Crippen molar-refractivity contribution in [3.63, 3.8) is 0 Å². The highest BCUT2D eigenvalue weighted by molar-refractivity contribution is 7.89. The van der Waals surface area contributed by atoms with E-state index in [1.807, 2.05) is 0 Å². The van der Waals surface area contributed by atoms with Gasteiger partial charge < -0.3 is 10.5 Å². The van der Waals surface area contributed by atoms with Crippen LogP contribution in [0.4, 0.5) is 11.4 Å². The van der Waals surface area contributed by atoms with Crippen LogP contribution in [0, 0.1) is 10.1 Å². The first-order valence-electron chi connectivity index (χ1n) is 6.43. The molecule has 1 fully saturated rings. The molecule has 8 nitrogen and oxygen atoms in total. The van der Waals surface area contributed by atoms with Gasteiger partial charge in [-0.05, 0) is 25.0 Å². The quantitative estimate of drug-likeness (QED) is 0.503. The molecule has 0 spiro atoms. The highest BCUT2D eigenvalue weighted by atomic mass is 32.2. The first kappa shape index (κ1) is 15.7. The maximum absolute atomic E-state index is 12.6. The summed E-state index contributed by atoms with van der Waals surface area (Å²) in [6, 6.07) is 3.92. The molecule has 0 bridgehead atoms. The summed E-state index contributed by atoms with van der Waals surface area (Å²) in [7, 11) is -2.45. The average Bonchev–Trinajstić information content (AvgIpc) is 2.46. The second kappa shape index (κ2) is 5.96. The molecular formula is C12H17N3O5S. The molecule has 116 valence electrons. The topological polar surface area (TPSA) is 116 Å². The van der Waals surface area contributed by atoms with E-state index < -0.39 is 20.6 Å². The van der Waals surface area contributed by atoms with E-state index in [1.165, 1.54) is 29.6 Å². The summed E-state index contributed by atoms with van der Waals surface area (Å²) >= 11 is 0. The van der Waals surface area contributed by atoms with Crippen molar-refractivity contribution >= 4 is 21.4 Å². The Morgan fingerprint density at radius 1 is 1.48 bits per heavy atom. The molecule has 1 aliphatic heterocycles. The van der Waals surface area contributed by atoms with Gasteiger partial charge in [0.25, 0.3) is 0 Å². The molecule has 1 aromatic carbocycles. The number of methoxy groups -OCH3 is 1. The second-order valence-electron chi connectivity index (χ2n) is 4.81. The van der Waals surface area contributed by atoms with Crippen LogP contribution in [-0.4, -0.2) is 43.9 Å². The van der Waals surface area contributed by atoms with Crippen LogP contribution in [0.15, 0.2) is 23.1 Å². The number of sulfonamides is 1. The summed E-state index contributed by atoms with van der Waals surface area (Å²) in [5.74, 6) is 0. The monoisotopic (exact) mass is 315 g/mol. The molecule has 0 aromatic heterocycles. The van der Waals surface area contributed by atoms with E-state index >= 15 is 0 Å². The molecule has 2 rings (SSSR count). The number of ether oxygens (including phenoxy) is 1. The maximum Gasteiger partial charge on any atom is 0.312 e. The number of benzene rings is 1. The van der Waals surface area contributed by atoms with Crippen LogP contribution in [0.3, 0.4) is 0 Å².